The second kappa shape index (κ2) is 7.14. The summed E-state index contributed by atoms with van der Waals surface area (Å²) < 4.78 is 0. The molecule has 96 valence electrons. The van der Waals surface area contributed by atoms with Crippen molar-refractivity contribution < 1.29 is 0 Å². The Kier molecular flexibility index (Phi) is 5.49. The topological polar surface area (TPSA) is 15.3 Å². The predicted molar refractivity (Wildman–Crippen MR) is 75.7 cm³/mol. The van der Waals surface area contributed by atoms with E-state index in [1.165, 1.54) is 51.0 Å². The van der Waals surface area contributed by atoms with Crippen LogP contribution < -0.4 is 5.32 Å². The Balaban J connectivity index is 1.69. The molecule has 1 aliphatic rings. The number of rotatable bonds is 6. The van der Waals surface area contributed by atoms with Gasteiger partial charge in [-0.2, -0.15) is 11.3 Å². The Morgan fingerprint density at radius 3 is 3.24 bits per heavy atom. The van der Waals surface area contributed by atoms with Crippen molar-refractivity contribution in [3.05, 3.63) is 22.4 Å². The van der Waals surface area contributed by atoms with E-state index in [4.69, 9.17) is 0 Å². The summed E-state index contributed by atoms with van der Waals surface area (Å²) in [4.78, 5) is 2.64. The molecular weight excluding hydrogens is 228 g/mol. The maximum Gasteiger partial charge on any atom is 0.00222 e. The van der Waals surface area contributed by atoms with Crippen LogP contribution >= 0.6 is 11.3 Å². The lowest BCUT2D eigenvalue weighted by molar-refractivity contribution is 0.174. The van der Waals surface area contributed by atoms with Gasteiger partial charge in [-0.3, -0.25) is 0 Å². The molecule has 1 aromatic rings. The molecule has 0 spiro atoms. The van der Waals surface area contributed by atoms with E-state index in [9.17, 15) is 0 Å². The van der Waals surface area contributed by atoms with Crippen LogP contribution in [0.1, 0.15) is 25.3 Å². The highest BCUT2D eigenvalue weighted by Gasteiger charge is 2.18. The SMILES string of the molecule is CCNCC1CCCN(CCc2ccsc2)C1. The van der Waals surface area contributed by atoms with Gasteiger partial charge in [0.2, 0.25) is 0 Å². The fourth-order valence-corrected chi connectivity index (χ4v) is 3.29. The summed E-state index contributed by atoms with van der Waals surface area (Å²) in [5.41, 5.74) is 1.50. The van der Waals surface area contributed by atoms with Crippen molar-refractivity contribution in [1.82, 2.24) is 10.2 Å². The molecule has 1 atom stereocenters. The molecule has 0 aliphatic carbocycles. The fourth-order valence-electron chi connectivity index (χ4n) is 2.59. The van der Waals surface area contributed by atoms with E-state index in [2.05, 4.69) is 34.0 Å². The molecule has 17 heavy (non-hydrogen) atoms. The highest BCUT2D eigenvalue weighted by molar-refractivity contribution is 7.07. The third kappa shape index (κ3) is 4.41. The molecule has 1 fully saturated rings. The van der Waals surface area contributed by atoms with Gasteiger partial charge in [-0.25, -0.2) is 0 Å². The van der Waals surface area contributed by atoms with E-state index >= 15 is 0 Å². The maximum atomic E-state index is 3.48. The maximum absolute atomic E-state index is 3.48. The number of nitrogens with one attached hydrogen (secondary N) is 1. The Morgan fingerprint density at radius 2 is 2.47 bits per heavy atom. The van der Waals surface area contributed by atoms with Gasteiger partial charge < -0.3 is 10.2 Å². The Hall–Kier alpha value is -0.380. The second-order valence-corrected chi connectivity index (χ2v) is 5.78. The molecule has 0 bridgehead atoms. The van der Waals surface area contributed by atoms with Crippen molar-refractivity contribution in [2.45, 2.75) is 26.2 Å². The first-order valence-electron chi connectivity index (χ1n) is 6.82. The number of likely N-dealkylation sites (tertiary alicyclic amines) is 1. The van der Waals surface area contributed by atoms with Gasteiger partial charge in [0.1, 0.15) is 0 Å². The molecule has 0 aromatic carbocycles. The smallest absolute Gasteiger partial charge is 0.00222 e. The standard InChI is InChI=1S/C14H24N2S/c1-2-15-10-14-4-3-7-16(11-14)8-5-13-6-9-17-12-13/h6,9,12,14-15H,2-5,7-8,10-11H2,1H3. The third-order valence-corrected chi connectivity index (χ3v) is 4.31. The predicted octanol–water partition coefficient (Wildman–Crippen LogP) is 2.61. The average Bonchev–Trinajstić information content (AvgIpc) is 2.87. The fraction of sp³-hybridized carbons (Fsp3) is 0.714. The first-order chi connectivity index (χ1) is 8.38. The van der Waals surface area contributed by atoms with Gasteiger partial charge in [0, 0.05) is 13.1 Å². The van der Waals surface area contributed by atoms with Gasteiger partial charge in [-0.1, -0.05) is 6.92 Å². The molecule has 1 saturated heterocycles. The van der Waals surface area contributed by atoms with Crippen molar-refractivity contribution in [2.24, 2.45) is 5.92 Å². The summed E-state index contributed by atoms with van der Waals surface area (Å²) in [6, 6.07) is 2.25. The van der Waals surface area contributed by atoms with Crippen LogP contribution in [-0.2, 0) is 6.42 Å². The van der Waals surface area contributed by atoms with E-state index in [0.717, 1.165) is 12.5 Å². The first-order valence-corrected chi connectivity index (χ1v) is 7.77. The molecule has 0 radical (unpaired) electrons. The van der Waals surface area contributed by atoms with Crippen LogP contribution in [0.2, 0.25) is 0 Å². The molecule has 1 aliphatic heterocycles. The Bertz CT molecular complexity index is 297. The molecular formula is C14H24N2S. The zero-order chi connectivity index (χ0) is 11.9. The van der Waals surface area contributed by atoms with Crippen molar-refractivity contribution >= 4 is 11.3 Å². The molecule has 2 nitrogen and oxygen atoms in total. The van der Waals surface area contributed by atoms with E-state index < -0.39 is 0 Å². The van der Waals surface area contributed by atoms with E-state index in [0.29, 0.717) is 0 Å². The minimum absolute atomic E-state index is 0.867. The van der Waals surface area contributed by atoms with Gasteiger partial charge in [0.25, 0.3) is 0 Å². The van der Waals surface area contributed by atoms with Crippen LogP contribution in [-0.4, -0.2) is 37.6 Å². The molecule has 1 aromatic heterocycles. The van der Waals surface area contributed by atoms with Gasteiger partial charge in [0.05, 0.1) is 0 Å². The number of nitrogens with zero attached hydrogens (tertiary/aromatic N) is 1. The molecule has 2 heterocycles. The molecule has 3 heteroatoms. The lowest BCUT2D eigenvalue weighted by atomic mass is 9.97. The van der Waals surface area contributed by atoms with Crippen LogP contribution in [0.25, 0.3) is 0 Å². The summed E-state index contributed by atoms with van der Waals surface area (Å²) in [5.74, 6) is 0.867. The Labute approximate surface area is 109 Å². The number of piperidine rings is 1. The summed E-state index contributed by atoms with van der Waals surface area (Å²) >= 11 is 1.81. The van der Waals surface area contributed by atoms with Gasteiger partial charge >= 0.3 is 0 Å². The minimum Gasteiger partial charge on any atom is -0.317 e. The van der Waals surface area contributed by atoms with E-state index in [-0.39, 0.29) is 0 Å². The van der Waals surface area contributed by atoms with Crippen LogP contribution in [0.15, 0.2) is 16.8 Å². The zero-order valence-corrected chi connectivity index (χ0v) is 11.6. The molecule has 0 saturated carbocycles. The van der Waals surface area contributed by atoms with Gasteiger partial charge in [-0.15, -0.1) is 0 Å². The normalized spacial score (nSPS) is 21.8. The average molecular weight is 252 g/mol. The van der Waals surface area contributed by atoms with Crippen molar-refractivity contribution in [2.75, 3.05) is 32.7 Å². The second-order valence-electron chi connectivity index (χ2n) is 5.00. The highest BCUT2D eigenvalue weighted by atomic mass is 32.1. The van der Waals surface area contributed by atoms with Crippen LogP contribution in [0, 0.1) is 5.92 Å². The third-order valence-electron chi connectivity index (χ3n) is 3.58. The van der Waals surface area contributed by atoms with Crippen LogP contribution in [0.4, 0.5) is 0 Å². The van der Waals surface area contributed by atoms with Gasteiger partial charge in [-0.05, 0) is 67.2 Å². The number of hydrogen-bond donors (Lipinski definition) is 1. The monoisotopic (exact) mass is 252 g/mol. The molecule has 2 rings (SSSR count). The van der Waals surface area contributed by atoms with Crippen molar-refractivity contribution in [3.63, 3.8) is 0 Å². The lowest BCUT2D eigenvalue weighted by Crippen LogP contribution is -2.40. The highest BCUT2D eigenvalue weighted by Crippen LogP contribution is 2.16. The molecule has 0 amide bonds. The van der Waals surface area contributed by atoms with E-state index in [1.807, 2.05) is 11.3 Å². The lowest BCUT2D eigenvalue weighted by Gasteiger charge is -2.32. The van der Waals surface area contributed by atoms with E-state index in [1.54, 1.807) is 0 Å². The summed E-state index contributed by atoms with van der Waals surface area (Å²) in [6.45, 7) is 8.32. The summed E-state index contributed by atoms with van der Waals surface area (Å²) in [7, 11) is 0. The largest absolute Gasteiger partial charge is 0.317 e. The van der Waals surface area contributed by atoms with Crippen molar-refractivity contribution in [3.8, 4) is 0 Å². The quantitative estimate of drug-likeness (QED) is 0.837. The summed E-state index contributed by atoms with van der Waals surface area (Å²) in [6.07, 6.45) is 4.00. The number of hydrogen-bond acceptors (Lipinski definition) is 3. The number of thiophene rings is 1. The van der Waals surface area contributed by atoms with Crippen LogP contribution in [0.3, 0.4) is 0 Å². The van der Waals surface area contributed by atoms with Crippen molar-refractivity contribution in [1.29, 1.82) is 0 Å². The molecule has 1 unspecified atom stereocenters. The minimum atomic E-state index is 0.867. The Morgan fingerprint density at radius 1 is 1.53 bits per heavy atom. The van der Waals surface area contributed by atoms with Gasteiger partial charge in [0.15, 0.2) is 0 Å². The molecule has 1 N–H and O–H groups in total. The first kappa shape index (κ1) is 13.1. The van der Waals surface area contributed by atoms with Crippen LogP contribution in [0.5, 0.6) is 0 Å². The summed E-state index contributed by atoms with van der Waals surface area (Å²) in [5, 5.41) is 7.94. The zero-order valence-electron chi connectivity index (χ0n) is 10.8.